The summed E-state index contributed by atoms with van der Waals surface area (Å²) in [5.74, 6) is -0.282. The van der Waals surface area contributed by atoms with Crippen molar-refractivity contribution in [2.24, 2.45) is 5.73 Å². The summed E-state index contributed by atoms with van der Waals surface area (Å²) < 4.78 is 13.0. The van der Waals surface area contributed by atoms with Gasteiger partial charge in [-0.15, -0.1) is 0 Å². The van der Waals surface area contributed by atoms with Crippen LogP contribution in [0, 0.1) is 5.82 Å². The van der Waals surface area contributed by atoms with Gasteiger partial charge in [-0.05, 0) is 24.1 Å². The van der Waals surface area contributed by atoms with Gasteiger partial charge in [-0.2, -0.15) is 0 Å². The first kappa shape index (κ1) is 13.4. The molecular formula is C13H19FN2O2. The Balaban J connectivity index is 1.83. The number of aliphatic hydroxyl groups excluding tert-OH is 2. The fourth-order valence-corrected chi connectivity index (χ4v) is 2.26. The second kappa shape index (κ2) is 5.75. The molecule has 0 aromatic heterocycles. The number of nitrogens with zero attached hydrogens (tertiary/aromatic N) is 1. The van der Waals surface area contributed by atoms with Crippen LogP contribution < -0.4 is 5.73 Å². The molecule has 0 aliphatic carbocycles. The molecule has 1 fully saturated rings. The zero-order valence-corrected chi connectivity index (χ0v) is 10.2. The van der Waals surface area contributed by atoms with Crippen molar-refractivity contribution >= 4 is 0 Å². The standard InChI is InChI=1S/C13H19FN2O2/c14-10-3-1-2-9(6-10)11(15)4-5-16-7-12(17)13(18)8-16/h1-3,6,11-13,17-18H,4-5,7-8,15H2. The maximum absolute atomic E-state index is 13.0. The Bertz CT molecular complexity index is 392. The van der Waals surface area contributed by atoms with Gasteiger partial charge in [0.2, 0.25) is 0 Å². The van der Waals surface area contributed by atoms with E-state index in [0.717, 1.165) is 5.56 Å². The van der Waals surface area contributed by atoms with Crippen LogP contribution in [0.3, 0.4) is 0 Å². The normalized spacial score (nSPS) is 26.4. The lowest BCUT2D eigenvalue weighted by atomic mass is 10.0. The van der Waals surface area contributed by atoms with Gasteiger partial charge in [-0.25, -0.2) is 4.39 Å². The van der Waals surface area contributed by atoms with Crippen molar-refractivity contribution < 1.29 is 14.6 Å². The number of benzene rings is 1. The number of likely N-dealkylation sites (tertiary alicyclic amines) is 1. The summed E-state index contributed by atoms with van der Waals surface area (Å²) in [6.45, 7) is 1.62. The number of halogens is 1. The van der Waals surface area contributed by atoms with Gasteiger partial charge in [0.25, 0.3) is 0 Å². The van der Waals surface area contributed by atoms with Gasteiger partial charge in [-0.3, -0.25) is 4.90 Å². The first-order valence-corrected chi connectivity index (χ1v) is 6.16. The fraction of sp³-hybridized carbons (Fsp3) is 0.538. The Labute approximate surface area is 106 Å². The van der Waals surface area contributed by atoms with Crippen LogP contribution in [0.25, 0.3) is 0 Å². The molecule has 1 aliphatic rings. The van der Waals surface area contributed by atoms with E-state index in [0.29, 0.717) is 26.1 Å². The number of rotatable bonds is 4. The molecule has 1 saturated heterocycles. The maximum Gasteiger partial charge on any atom is 0.123 e. The predicted octanol–water partition coefficient (Wildman–Crippen LogP) is 0.253. The molecule has 18 heavy (non-hydrogen) atoms. The minimum atomic E-state index is -0.671. The number of hydrogen-bond acceptors (Lipinski definition) is 4. The first-order chi connectivity index (χ1) is 8.56. The van der Waals surface area contributed by atoms with Gasteiger partial charge in [0.15, 0.2) is 0 Å². The highest BCUT2D eigenvalue weighted by Crippen LogP contribution is 2.17. The fourth-order valence-electron chi connectivity index (χ4n) is 2.26. The average Bonchev–Trinajstić information content (AvgIpc) is 2.66. The summed E-state index contributed by atoms with van der Waals surface area (Å²) >= 11 is 0. The number of hydrogen-bond donors (Lipinski definition) is 3. The molecule has 0 amide bonds. The van der Waals surface area contributed by atoms with E-state index < -0.39 is 12.2 Å². The largest absolute Gasteiger partial charge is 0.389 e. The Hall–Kier alpha value is -1.01. The molecule has 1 heterocycles. The van der Waals surface area contributed by atoms with E-state index in [-0.39, 0.29) is 11.9 Å². The zero-order chi connectivity index (χ0) is 13.1. The summed E-state index contributed by atoms with van der Waals surface area (Å²) in [6, 6.07) is 6.06. The van der Waals surface area contributed by atoms with E-state index in [1.165, 1.54) is 12.1 Å². The van der Waals surface area contributed by atoms with Crippen molar-refractivity contribution in [3.05, 3.63) is 35.6 Å². The molecule has 3 atom stereocenters. The Morgan fingerprint density at radius 1 is 1.33 bits per heavy atom. The van der Waals surface area contributed by atoms with E-state index >= 15 is 0 Å². The number of aliphatic hydroxyl groups is 2. The first-order valence-electron chi connectivity index (χ1n) is 6.16. The van der Waals surface area contributed by atoms with Crippen LogP contribution in [0.5, 0.6) is 0 Å². The summed E-state index contributed by atoms with van der Waals surface area (Å²) in [6.07, 6.45) is -0.672. The quantitative estimate of drug-likeness (QED) is 0.720. The third kappa shape index (κ3) is 3.26. The number of nitrogens with two attached hydrogens (primary N) is 1. The molecule has 3 unspecified atom stereocenters. The van der Waals surface area contributed by atoms with Crippen LogP contribution in [0.1, 0.15) is 18.0 Å². The minimum absolute atomic E-state index is 0.226. The van der Waals surface area contributed by atoms with Crippen LogP contribution in [-0.4, -0.2) is 47.0 Å². The van der Waals surface area contributed by atoms with E-state index in [1.54, 1.807) is 12.1 Å². The summed E-state index contributed by atoms with van der Waals surface area (Å²) in [5.41, 5.74) is 6.77. The molecule has 2 rings (SSSR count). The molecule has 1 aromatic carbocycles. The SMILES string of the molecule is NC(CCN1CC(O)C(O)C1)c1cccc(F)c1. The van der Waals surface area contributed by atoms with Gasteiger partial charge in [0.1, 0.15) is 5.82 Å². The van der Waals surface area contributed by atoms with Crippen molar-refractivity contribution in [3.8, 4) is 0 Å². The van der Waals surface area contributed by atoms with Gasteiger partial charge in [0, 0.05) is 25.7 Å². The summed E-state index contributed by atoms with van der Waals surface area (Å²) in [4.78, 5) is 1.97. The highest BCUT2D eigenvalue weighted by molar-refractivity contribution is 5.19. The van der Waals surface area contributed by atoms with E-state index in [4.69, 9.17) is 5.73 Å². The minimum Gasteiger partial charge on any atom is -0.389 e. The maximum atomic E-state index is 13.0. The van der Waals surface area contributed by atoms with Gasteiger partial charge in [-0.1, -0.05) is 12.1 Å². The Morgan fingerprint density at radius 3 is 2.61 bits per heavy atom. The van der Waals surface area contributed by atoms with Crippen LogP contribution in [0.15, 0.2) is 24.3 Å². The molecular weight excluding hydrogens is 235 g/mol. The molecule has 4 N–H and O–H groups in total. The molecule has 1 aliphatic heterocycles. The lowest BCUT2D eigenvalue weighted by Crippen LogP contribution is -2.26. The lowest BCUT2D eigenvalue weighted by molar-refractivity contribution is 0.0572. The molecule has 0 bridgehead atoms. The van der Waals surface area contributed by atoms with Gasteiger partial charge >= 0.3 is 0 Å². The highest BCUT2D eigenvalue weighted by Gasteiger charge is 2.29. The highest BCUT2D eigenvalue weighted by atomic mass is 19.1. The van der Waals surface area contributed by atoms with Crippen molar-refractivity contribution in [1.29, 1.82) is 0 Å². The van der Waals surface area contributed by atoms with Crippen LogP contribution >= 0.6 is 0 Å². The van der Waals surface area contributed by atoms with Crippen LogP contribution in [-0.2, 0) is 0 Å². The van der Waals surface area contributed by atoms with E-state index in [1.807, 2.05) is 4.90 Å². The van der Waals surface area contributed by atoms with Gasteiger partial charge in [0.05, 0.1) is 12.2 Å². The van der Waals surface area contributed by atoms with E-state index in [2.05, 4.69) is 0 Å². The topological polar surface area (TPSA) is 69.7 Å². The Kier molecular flexibility index (Phi) is 4.29. The second-order valence-electron chi connectivity index (χ2n) is 4.84. The van der Waals surface area contributed by atoms with Crippen molar-refractivity contribution in [1.82, 2.24) is 4.90 Å². The predicted molar refractivity (Wildman–Crippen MR) is 66.4 cm³/mol. The summed E-state index contributed by atoms with van der Waals surface area (Å²) in [7, 11) is 0. The van der Waals surface area contributed by atoms with Crippen LogP contribution in [0.2, 0.25) is 0 Å². The molecule has 4 nitrogen and oxygen atoms in total. The monoisotopic (exact) mass is 254 g/mol. The van der Waals surface area contributed by atoms with Crippen molar-refractivity contribution in [2.75, 3.05) is 19.6 Å². The Morgan fingerprint density at radius 2 is 2.00 bits per heavy atom. The lowest BCUT2D eigenvalue weighted by Gasteiger charge is -2.18. The molecule has 0 spiro atoms. The van der Waals surface area contributed by atoms with Crippen molar-refractivity contribution in [3.63, 3.8) is 0 Å². The van der Waals surface area contributed by atoms with Crippen molar-refractivity contribution in [2.45, 2.75) is 24.7 Å². The molecule has 1 aromatic rings. The van der Waals surface area contributed by atoms with Crippen LogP contribution in [0.4, 0.5) is 4.39 Å². The second-order valence-corrected chi connectivity index (χ2v) is 4.84. The smallest absolute Gasteiger partial charge is 0.123 e. The third-order valence-electron chi connectivity index (χ3n) is 3.37. The third-order valence-corrected chi connectivity index (χ3v) is 3.37. The zero-order valence-electron chi connectivity index (χ0n) is 10.2. The summed E-state index contributed by atoms with van der Waals surface area (Å²) in [5, 5.41) is 18.8. The van der Waals surface area contributed by atoms with Gasteiger partial charge < -0.3 is 15.9 Å². The molecule has 5 heteroatoms. The van der Waals surface area contributed by atoms with E-state index in [9.17, 15) is 14.6 Å². The molecule has 0 saturated carbocycles. The average molecular weight is 254 g/mol. The molecule has 0 radical (unpaired) electrons. The molecule has 100 valence electrons. The number of β-amino-alcohol motifs (C(OH)–C–C–N with tert-alkyl or cyclic N) is 2.